The summed E-state index contributed by atoms with van der Waals surface area (Å²) in [5, 5.41) is 0. The molecule has 2 aliphatic heterocycles. The Labute approximate surface area is 121 Å². The lowest BCUT2D eigenvalue weighted by Crippen LogP contribution is -2.48. The highest BCUT2D eigenvalue weighted by Gasteiger charge is 2.64. The molecule has 2 aliphatic rings. The Morgan fingerprint density at radius 3 is 2.71 bits per heavy atom. The van der Waals surface area contributed by atoms with Crippen molar-refractivity contribution in [2.24, 2.45) is 0 Å². The Morgan fingerprint density at radius 2 is 2.00 bits per heavy atom. The molecule has 0 aliphatic carbocycles. The molecule has 3 rings (SSSR count). The Hall–Kier alpha value is -1.08. The van der Waals surface area contributed by atoms with Crippen LogP contribution in [0, 0.1) is 0 Å². The molecule has 4 nitrogen and oxygen atoms in total. The summed E-state index contributed by atoms with van der Waals surface area (Å²) in [5.74, 6) is -3.59. The van der Waals surface area contributed by atoms with E-state index in [1.807, 2.05) is 6.07 Å². The Kier molecular flexibility index (Phi) is 3.73. The third kappa shape index (κ3) is 2.81. The fraction of sp³-hybridized carbons (Fsp3) is 0.600. The minimum atomic E-state index is -2.65. The van der Waals surface area contributed by atoms with E-state index in [1.54, 1.807) is 38.1 Å². The first kappa shape index (κ1) is 14.8. The van der Waals surface area contributed by atoms with Crippen molar-refractivity contribution in [2.75, 3.05) is 6.61 Å². The molecule has 0 spiro atoms. The number of hydrogen-bond acceptors (Lipinski definition) is 4. The van der Waals surface area contributed by atoms with Crippen LogP contribution in [0.4, 0.5) is 8.78 Å². The molecule has 1 aromatic rings. The van der Waals surface area contributed by atoms with E-state index in [9.17, 15) is 8.78 Å². The molecule has 2 heterocycles. The van der Waals surface area contributed by atoms with Gasteiger partial charge in [-0.25, -0.2) is 8.78 Å². The van der Waals surface area contributed by atoms with Crippen LogP contribution in [0.5, 0.6) is 0 Å². The number of benzene rings is 1. The third-order valence-corrected chi connectivity index (χ3v) is 3.59. The summed E-state index contributed by atoms with van der Waals surface area (Å²) in [5.41, 5.74) is 0.752. The molecule has 0 N–H and O–H groups in total. The molecule has 0 aromatic heterocycles. The van der Waals surface area contributed by atoms with Crippen LogP contribution in [0.2, 0.25) is 0 Å². The topological polar surface area (TPSA) is 36.9 Å². The van der Waals surface area contributed by atoms with Gasteiger partial charge in [-0.1, -0.05) is 30.3 Å². The van der Waals surface area contributed by atoms with Crippen LogP contribution in [-0.2, 0) is 25.6 Å². The standard InChI is InChI=1S/C15H18F2O4/c1-14(2)20-11-9-19-15(17,12(11)21-14)13(16)18-8-10-6-4-3-5-7-10/h3-7,11-13H,8-9H2,1-2H3/t11-,12-,13-,15-/m1/s1. The van der Waals surface area contributed by atoms with Crippen LogP contribution in [0.3, 0.4) is 0 Å². The average Bonchev–Trinajstić information content (AvgIpc) is 2.93. The summed E-state index contributed by atoms with van der Waals surface area (Å²) in [7, 11) is 0. The SMILES string of the molecule is CC1(C)O[C@@H]2[C@@H](CO[C@@]2(F)[C@H](F)OCc2ccccc2)O1. The summed E-state index contributed by atoms with van der Waals surface area (Å²) < 4.78 is 49.8. The van der Waals surface area contributed by atoms with Gasteiger partial charge in [-0.05, 0) is 19.4 Å². The molecule has 1 aromatic carbocycles. The lowest BCUT2D eigenvalue weighted by molar-refractivity contribution is -0.295. The first-order valence-corrected chi connectivity index (χ1v) is 6.89. The zero-order chi connectivity index (χ0) is 15.1. The lowest BCUT2D eigenvalue weighted by atomic mass is 10.1. The summed E-state index contributed by atoms with van der Waals surface area (Å²) in [6.45, 7) is 3.21. The molecular weight excluding hydrogens is 282 g/mol. The van der Waals surface area contributed by atoms with E-state index in [1.165, 1.54) is 0 Å². The van der Waals surface area contributed by atoms with Gasteiger partial charge in [-0.3, -0.25) is 0 Å². The highest BCUT2D eigenvalue weighted by atomic mass is 19.2. The van der Waals surface area contributed by atoms with E-state index in [4.69, 9.17) is 18.9 Å². The molecule has 2 fully saturated rings. The molecule has 0 saturated carbocycles. The van der Waals surface area contributed by atoms with Gasteiger partial charge in [0.25, 0.3) is 12.2 Å². The number of alkyl halides is 2. The number of hydrogen-bond donors (Lipinski definition) is 0. The molecule has 21 heavy (non-hydrogen) atoms. The quantitative estimate of drug-likeness (QED) is 0.857. The van der Waals surface area contributed by atoms with Gasteiger partial charge in [0.1, 0.15) is 6.10 Å². The van der Waals surface area contributed by atoms with Gasteiger partial charge in [0, 0.05) is 0 Å². The molecule has 0 unspecified atom stereocenters. The van der Waals surface area contributed by atoms with E-state index in [-0.39, 0.29) is 13.2 Å². The molecule has 2 saturated heterocycles. The van der Waals surface area contributed by atoms with Gasteiger partial charge in [0.05, 0.1) is 13.2 Å². The fourth-order valence-corrected chi connectivity index (χ4v) is 2.63. The van der Waals surface area contributed by atoms with Crippen LogP contribution in [0.15, 0.2) is 30.3 Å². The van der Waals surface area contributed by atoms with Gasteiger partial charge in [0.2, 0.25) is 0 Å². The van der Waals surface area contributed by atoms with Crippen LogP contribution < -0.4 is 0 Å². The summed E-state index contributed by atoms with van der Waals surface area (Å²) in [6.07, 6.45) is -3.99. The van der Waals surface area contributed by atoms with Crippen LogP contribution >= 0.6 is 0 Å². The van der Waals surface area contributed by atoms with Crippen LogP contribution in [0.1, 0.15) is 19.4 Å². The lowest BCUT2D eigenvalue weighted by Gasteiger charge is -2.29. The second kappa shape index (κ2) is 5.28. The van der Waals surface area contributed by atoms with Crippen molar-refractivity contribution in [1.29, 1.82) is 0 Å². The zero-order valence-electron chi connectivity index (χ0n) is 11.9. The van der Waals surface area contributed by atoms with Gasteiger partial charge in [-0.2, -0.15) is 0 Å². The van der Waals surface area contributed by atoms with Gasteiger partial charge >= 0.3 is 0 Å². The Bertz CT molecular complexity index is 496. The van der Waals surface area contributed by atoms with Crippen molar-refractivity contribution in [2.45, 2.75) is 50.7 Å². The van der Waals surface area contributed by atoms with Crippen LogP contribution in [-0.4, -0.2) is 36.8 Å². The third-order valence-electron chi connectivity index (χ3n) is 3.59. The van der Waals surface area contributed by atoms with Crippen molar-refractivity contribution in [3.8, 4) is 0 Å². The van der Waals surface area contributed by atoms with Crippen molar-refractivity contribution in [1.82, 2.24) is 0 Å². The normalized spacial score (nSPS) is 35.6. The van der Waals surface area contributed by atoms with Gasteiger partial charge in [-0.15, -0.1) is 0 Å². The van der Waals surface area contributed by atoms with E-state index in [0.29, 0.717) is 0 Å². The summed E-state index contributed by atoms with van der Waals surface area (Å²) in [4.78, 5) is 0. The number of fused-ring (bicyclic) bond motifs is 1. The maximum Gasteiger partial charge on any atom is 0.294 e. The maximum absolute atomic E-state index is 14.8. The van der Waals surface area contributed by atoms with Crippen molar-refractivity contribution in [3.63, 3.8) is 0 Å². The summed E-state index contributed by atoms with van der Waals surface area (Å²) in [6, 6.07) is 8.98. The van der Waals surface area contributed by atoms with Crippen molar-refractivity contribution < 1.29 is 27.7 Å². The monoisotopic (exact) mass is 300 g/mol. The Balaban J connectivity index is 1.65. The molecular formula is C15H18F2O4. The van der Waals surface area contributed by atoms with Crippen molar-refractivity contribution >= 4 is 0 Å². The minimum absolute atomic E-state index is 0.0430. The Morgan fingerprint density at radius 1 is 1.29 bits per heavy atom. The van der Waals surface area contributed by atoms with Gasteiger partial charge < -0.3 is 18.9 Å². The second-order valence-corrected chi connectivity index (χ2v) is 5.72. The average molecular weight is 300 g/mol. The minimum Gasteiger partial charge on any atom is -0.342 e. The number of halogens is 2. The first-order valence-electron chi connectivity index (χ1n) is 6.89. The molecule has 4 atom stereocenters. The van der Waals surface area contributed by atoms with Gasteiger partial charge in [0.15, 0.2) is 11.9 Å². The fourth-order valence-electron chi connectivity index (χ4n) is 2.63. The van der Waals surface area contributed by atoms with Crippen LogP contribution in [0.25, 0.3) is 0 Å². The highest BCUT2D eigenvalue weighted by Crippen LogP contribution is 2.44. The van der Waals surface area contributed by atoms with E-state index >= 15 is 0 Å². The van der Waals surface area contributed by atoms with Crippen molar-refractivity contribution in [3.05, 3.63) is 35.9 Å². The predicted octanol–water partition coefficient (Wildman–Crippen LogP) is 2.71. The van der Waals surface area contributed by atoms with E-state index < -0.39 is 30.2 Å². The van der Waals surface area contributed by atoms with E-state index in [0.717, 1.165) is 5.56 Å². The second-order valence-electron chi connectivity index (χ2n) is 5.72. The predicted molar refractivity (Wildman–Crippen MR) is 69.7 cm³/mol. The molecule has 0 amide bonds. The molecule has 116 valence electrons. The number of rotatable bonds is 4. The molecule has 0 bridgehead atoms. The summed E-state index contributed by atoms with van der Waals surface area (Å²) >= 11 is 0. The molecule has 6 heteroatoms. The first-order chi connectivity index (χ1) is 9.91. The zero-order valence-corrected chi connectivity index (χ0v) is 11.9. The largest absolute Gasteiger partial charge is 0.342 e. The highest BCUT2D eigenvalue weighted by molar-refractivity contribution is 5.13. The smallest absolute Gasteiger partial charge is 0.294 e. The molecule has 0 radical (unpaired) electrons. The van der Waals surface area contributed by atoms with E-state index in [2.05, 4.69) is 0 Å². The maximum atomic E-state index is 14.8. The number of ether oxygens (including phenoxy) is 4.